The molecule has 2 rings (SSSR count). The molecule has 0 amide bonds. The zero-order chi connectivity index (χ0) is 11.7. The maximum absolute atomic E-state index is 11.7. The summed E-state index contributed by atoms with van der Waals surface area (Å²) in [7, 11) is 0. The molecule has 7 heteroatoms. The van der Waals surface area contributed by atoms with Crippen LogP contribution in [0.2, 0.25) is 0 Å². The van der Waals surface area contributed by atoms with Gasteiger partial charge < -0.3 is 0 Å². The maximum atomic E-state index is 11.7. The van der Waals surface area contributed by atoms with Gasteiger partial charge in [0.15, 0.2) is 0 Å². The van der Waals surface area contributed by atoms with Crippen LogP contribution in [-0.2, 0) is 14.3 Å². The summed E-state index contributed by atoms with van der Waals surface area (Å²) in [6.07, 6.45) is 3.64. The number of Topliss-reactive ketones (excluding diaryl/α,β-unsaturated/α-hetero) is 1. The third-order valence-corrected chi connectivity index (χ3v) is 5.56. The predicted molar refractivity (Wildman–Crippen MR) is 62.6 cm³/mol. The van der Waals surface area contributed by atoms with Crippen molar-refractivity contribution in [1.82, 2.24) is 0 Å². The summed E-state index contributed by atoms with van der Waals surface area (Å²) >= 11 is -3.09. The number of allylic oxidation sites excluding steroid dienone is 3. The van der Waals surface area contributed by atoms with Crippen molar-refractivity contribution in [3.8, 4) is 0 Å². The molecule has 0 unspecified atom stereocenters. The molecular weight excluding hydrogens is 472 g/mol. The van der Waals surface area contributed by atoms with Crippen LogP contribution in [0, 0.1) is 40.4 Å². The van der Waals surface area contributed by atoms with E-state index in [1.165, 1.54) is 6.08 Å². The SMILES string of the molecule is O=[C-]C1=CC2=C(COC(=O)I2O)C(=O)CC1.[Pm]. The average Bonchev–Trinajstić information content (AvgIpc) is 2.44. The van der Waals surface area contributed by atoms with Crippen LogP contribution in [0.3, 0.4) is 0 Å². The minimum absolute atomic E-state index is 0. The Balaban J connectivity index is 0.00000144. The van der Waals surface area contributed by atoms with Crippen molar-refractivity contribution in [2.75, 3.05) is 6.61 Å². The molecule has 0 spiro atoms. The first kappa shape index (κ1) is 15.4. The molecule has 0 saturated carbocycles. The quantitative estimate of drug-likeness (QED) is 0.347. The van der Waals surface area contributed by atoms with E-state index in [0.717, 1.165) is 0 Å². The van der Waals surface area contributed by atoms with Crippen molar-refractivity contribution in [3.63, 3.8) is 0 Å². The summed E-state index contributed by atoms with van der Waals surface area (Å²) in [6.45, 7) is -0.0931. The monoisotopic (exact) mass is 480 g/mol. The van der Waals surface area contributed by atoms with Crippen LogP contribution in [0.15, 0.2) is 20.8 Å². The normalized spacial score (nSPS) is 21.9. The van der Waals surface area contributed by atoms with Gasteiger partial charge in [0.2, 0.25) is 0 Å². The largest absolute Gasteiger partial charge is 0 e. The Bertz CT molecular complexity index is 440. The van der Waals surface area contributed by atoms with E-state index in [9.17, 15) is 17.8 Å². The standard InChI is InChI=1S/C10H8IO5.Pm/c12-4-6-1-2-9(13)7-5-16-10(14)11(15)8(7)3-6;/h3,15H,1-2,5H2;/q-1;. The van der Waals surface area contributed by atoms with Crippen molar-refractivity contribution >= 4 is 36.3 Å². The van der Waals surface area contributed by atoms with E-state index < -0.39 is 24.2 Å². The molecular formula is C10H8IO5Pm-. The molecule has 1 aliphatic heterocycles. The number of halogens is 1. The van der Waals surface area contributed by atoms with Crippen LogP contribution in [0.4, 0.5) is 4.79 Å². The number of hydrogen-bond acceptors (Lipinski definition) is 5. The first-order chi connectivity index (χ1) is 7.63. The molecule has 1 N–H and O–H groups in total. The topological polar surface area (TPSA) is 80.7 Å². The van der Waals surface area contributed by atoms with Crippen LogP contribution in [0.5, 0.6) is 0 Å². The van der Waals surface area contributed by atoms with E-state index >= 15 is 0 Å². The zero-order valence-corrected chi connectivity index (χ0v) is 13.6. The van der Waals surface area contributed by atoms with Gasteiger partial charge in [0, 0.05) is 40.4 Å². The zero-order valence-electron chi connectivity index (χ0n) is 8.60. The molecule has 1 heterocycles. The van der Waals surface area contributed by atoms with E-state index in [4.69, 9.17) is 4.74 Å². The van der Waals surface area contributed by atoms with Gasteiger partial charge in [-0.15, -0.1) is 0 Å². The molecule has 0 aromatic heterocycles. The van der Waals surface area contributed by atoms with E-state index in [1.807, 2.05) is 0 Å². The van der Waals surface area contributed by atoms with Crippen molar-refractivity contribution in [2.45, 2.75) is 12.8 Å². The van der Waals surface area contributed by atoms with Gasteiger partial charge in [0.25, 0.3) is 0 Å². The van der Waals surface area contributed by atoms with Crippen molar-refractivity contribution in [1.29, 1.82) is 0 Å². The molecule has 0 bridgehead atoms. The Morgan fingerprint density at radius 2 is 2.06 bits per heavy atom. The molecule has 1 radical (unpaired) electrons. The molecule has 1 aliphatic carbocycles. The number of carbonyl (C=O) groups excluding carboxylic acids is 3. The van der Waals surface area contributed by atoms with E-state index in [0.29, 0.717) is 21.1 Å². The maximum Gasteiger partial charge on any atom is 0 e. The second-order valence-electron chi connectivity index (χ2n) is 3.31. The molecule has 0 saturated heterocycles. The van der Waals surface area contributed by atoms with Gasteiger partial charge in [-0.05, 0) is 0 Å². The predicted octanol–water partition coefficient (Wildman–Crippen LogP) is 1.20. The van der Waals surface area contributed by atoms with Crippen LogP contribution in [0.1, 0.15) is 12.8 Å². The number of ketones is 1. The minimum Gasteiger partial charge on any atom is 0 e. The fraction of sp³-hybridized carbons (Fsp3) is 0.300. The van der Waals surface area contributed by atoms with Crippen LogP contribution in [0.25, 0.3) is 0 Å². The third-order valence-electron chi connectivity index (χ3n) is 2.35. The summed E-state index contributed by atoms with van der Waals surface area (Å²) in [6, 6.07) is 0. The fourth-order valence-corrected chi connectivity index (χ4v) is 4.17. The molecule has 0 fully saturated rings. The summed E-state index contributed by atoms with van der Waals surface area (Å²) < 4.78 is 14.2. The van der Waals surface area contributed by atoms with Crippen LogP contribution < -0.4 is 0 Å². The van der Waals surface area contributed by atoms with Gasteiger partial charge in [-0.25, -0.2) is 0 Å². The summed E-state index contributed by atoms with van der Waals surface area (Å²) in [5.41, 5.74) is 0.668. The molecule has 5 nitrogen and oxygen atoms in total. The van der Waals surface area contributed by atoms with E-state index in [1.54, 1.807) is 6.29 Å². The van der Waals surface area contributed by atoms with Gasteiger partial charge in [-0.3, -0.25) is 0 Å². The second kappa shape index (κ2) is 6.47. The van der Waals surface area contributed by atoms with Gasteiger partial charge in [0.1, 0.15) is 0 Å². The Labute approximate surface area is 138 Å². The second-order valence-corrected chi connectivity index (χ2v) is 6.86. The molecule has 0 aromatic rings. The molecule has 91 valence electrons. The van der Waals surface area contributed by atoms with Crippen molar-refractivity contribution < 1.29 is 62.9 Å². The van der Waals surface area contributed by atoms with Crippen molar-refractivity contribution in [2.24, 2.45) is 0 Å². The smallest absolute Gasteiger partial charge is 0 e. The number of cyclic esters (lactones) is 1. The third kappa shape index (κ3) is 3.20. The first-order valence-electron chi connectivity index (χ1n) is 4.54. The first-order valence-corrected chi connectivity index (χ1v) is 7.66. The molecule has 2 aliphatic rings. The van der Waals surface area contributed by atoms with E-state index in [-0.39, 0.29) is 59.2 Å². The number of rotatable bonds is 1. The van der Waals surface area contributed by atoms with Gasteiger partial charge in [-0.2, -0.15) is 0 Å². The number of ether oxygens (including phenoxy) is 1. The van der Waals surface area contributed by atoms with E-state index in [2.05, 4.69) is 0 Å². The Morgan fingerprint density at radius 1 is 1.35 bits per heavy atom. The van der Waals surface area contributed by atoms with Crippen LogP contribution in [-0.4, -0.2) is 26.1 Å². The van der Waals surface area contributed by atoms with Gasteiger partial charge >= 0.3 is 99.1 Å². The summed E-state index contributed by atoms with van der Waals surface area (Å²) in [5, 5.41) is 0. The Hall–Kier alpha value is 0.318. The number of carbonyl (C=O) groups is 2. The molecule has 17 heavy (non-hydrogen) atoms. The summed E-state index contributed by atoms with van der Waals surface area (Å²) in [5.74, 6) is -0.166. The van der Waals surface area contributed by atoms with Gasteiger partial charge in [0.05, 0.1) is 0 Å². The molecule has 0 atom stereocenters. The van der Waals surface area contributed by atoms with Crippen LogP contribution >= 0.6 is 20.2 Å². The average molecular weight is 480 g/mol. The number of hydrogen-bond donors (Lipinski definition) is 1. The molecule has 0 aromatic carbocycles. The van der Waals surface area contributed by atoms with Gasteiger partial charge in [-0.1, -0.05) is 0 Å². The summed E-state index contributed by atoms with van der Waals surface area (Å²) in [4.78, 5) is 33.4. The van der Waals surface area contributed by atoms with Crippen molar-refractivity contribution in [3.05, 3.63) is 20.8 Å². The Kier molecular flexibility index (Phi) is 5.86. The Morgan fingerprint density at radius 3 is 2.71 bits per heavy atom. The fourth-order valence-electron chi connectivity index (χ4n) is 1.50. The minimum atomic E-state index is -3.09.